The minimum Gasteiger partial charge on any atom is -0.460 e. The molecule has 19 heavy (non-hydrogen) atoms. The monoisotopic (exact) mass is 264 g/mol. The van der Waals surface area contributed by atoms with E-state index in [0.29, 0.717) is 6.61 Å². The minimum absolute atomic E-state index is 0.199. The molecule has 4 heteroatoms. The molecule has 1 rings (SSSR count). The molecule has 0 spiro atoms. The highest BCUT2D eigenvalue weighted by molar-refractivity contribution is 6.33. The topological polar surface area (TPSA) is 43.4 Å². The number of hydrogen-bond donors (Lipinski definition) is 0. The van der Waals surface area contributed by atoms with Crippen LogP contribution in [0.25, 0.3) is 0 Å². The van der Waals surface area contributed by atoms with Gasteiger partial charge in [0.25, 0.3) is 0 Å². The zero-order valence-electron chi connectivity index (χ0n) is 11.9. The van der Waals surface area contributed by atoms with Gasteiger partial charge in [0.15, 0.2) is 0 Å². The van der Waals surface area contributed by atoms with Gasteiger partial charge in [-0.2, -0.15) is 0 Å². The molecule has 0 unspecified atom stereocenters. The third kappa shape index (κ3) is 4.83. The molecule has 4 nitrogen and oxygen atoms in total. The van der Waals surface area contributed by atoms with Gasteiger partial charge in [0.05, 0.1) is 27.2 Å². The van der Waals surface area contributed by atoms with Gasteiger partial charge in [0.2, 0.25) is 5.78 Å². The van der Waals surface area contributed by atoms with Gasteiger partial charge in [-0.15, -0.1) is 0 Å². The lowest BCUT2D eigenvalue weighted by molar-refractivity contribution is -0.153. The van der Waals surface area contributed by atoms with E-state index < -0.39 is 11.8 Å². The molecule has 1 aromatic carbocycles. The molecule has 0 saturated heterocycles. The van der Waals surface area contributed by atoms with Gasteiger partial charge < -0.3 is 4.74 Å². The summed E-state index contributed by atoms with van der Waals surface area (Å²) in [7, 11) is 4.21. The largest absolute Gasteiger partial charge is 0.460 e. The second kappa shape index (κ2) is 7.04. The first-order valence-electron chi connectivity index (χ1n) is 6.56. The molecule has 0 amide bonds. The molecule has 0 N–H and O–H groups in total. The van der Waals surface area contributed by atoms with E-state index >= 15 is 0 Å². The second-order valence-electron chi connectivity index (χ2n) is 5.01. The molecular formula is C15H22NO3+. The number of carbonyl (C=O) groups is 2. The molecule has 0 radical (unpaired) electrons. The number of hydrogen-bond acceptors (Lipinski definition) is 3. The Hall–Kier alpha value is -1.68. The number of rotatable bonds is 7. The average Bonchev–Trinajstić information content (AvgIpc) is 2.43. The van der Waals surface area contributed by atoms with Crippen molar-refractivity contribution in [3.8, 4) is 0 Å². The van der Waals surface area contributed by atoms with Crippen molar-refractivity contribution in [1.29, 1.82) is 0 Å². The number of ether oxygens (including phenoxy) is 1. The molecule has 0 fully saturated rings. The fourth-order valence-electron chi connectivity index (χ4n) is 1.81. The Morgan fingerprint density at radius 2 is 1.79 bits per heavy atom. The van der Waals surface area contributed by atoms with E-state index in [1.807, 2.05) is 18.2 Å². The van der Waals surface area contributed by atoms with E-state index in [2.05, 4.69) is 26.2 Å². The van der Waals surface area contributed by atoms with Crippen LogP contribution >= 0.6 is 0 Å². The smallest absolute Gasteiger partial charge is 0.374 e. The van der Waals surface area contributed by atoms with E-state index in [4.69, 9.17) is 4.74 Å². The maximum atomic E-state index is 11.2. The quantitative estimate of drug-likeness (QED) is 0.328. The predicted octanol–water partition coefficient (Wildman–Crippen LogP) is 2.17. The van der Waals surface area contributed by atoms with Crippen LogP contribution in [0, 0.1) is 0 Å². The van der Waals surface area contributed by atoms with E-state index in [1.165, 1.54) is 5.69 Å². The fraction of sp³-hybridized carbons (Fsp3) is 0.467. The summed E-state index contributed by atoms with van der Waals surface area (Å²) < 4.78 is 5.65. The second-order valence-corrected chi connectivity index (χ2v) is 5.01. The van der Waals surface area contributed by atoms with Gasteiger partial charge in [-0.3, -0.25) is 9.28 Å². The molecule has 0 bridgehead atoms. The predicted molar refractivity (Wildman–Crippen MR) is 75.8 cm³/mol. The Balaban J connectivity index is 2.37. The van der Waals surface area contributed by atoms with Crippen molar-refractivity contribution >= 4 is 17.4 Å². The van der Waals surface area contributed by atoms with Crippen molar-refractivity contribution in [3.63, 3.8) is 0 Å². The van der Waals surface area contributed by atoms with Crippen LogP contribution in [-0.4, -0.2) is 39.0 Å². The first kappa shape index (κ1) is 15.4. The van der Waals surface area contributed by atoms with Gasteiger partial charge in [-0.1, -0.05) is 25.1 Å². The van der Waals surface area contributed by atoms with Crippen LogP contribution < -0.4 is 4.48 Å². The molecule has 1 aromatic rings. The standard InChI is InChI=1S/C15H22NO3/c1-4-14(17)15(18)19-12-8-11-16(2,3)13-9-6-5-7-10-13/h5-7,9-10H,4,8,11-12H2,1-3H3/q+1. The van der Waals surface area contributed by atoms with Gasteiger partial charge in [0.1, 0.15) is 5.69 Å². The van der Waals surface area contributed by atoms with E-state index in [-0.39, 0.29) is 6.42 Å². The molecule has 104 valence electrons. The van der Waals surface area contributed by atoms with Crippen molar-refractivity contribution in [2.75, 3.05) is 27.2 Å². The molecule has 0 atom stereocenters. The molecule has 0 aliphatic heterocycles. The highest BCUT2D eigenvalue weighted by atomic mass is 16.5. The summed E-state index contributed by atoms with van der Waals surface area (Å²) in [5.41, 5.74) is 1.21. The van der Waals surface area contributed by atoms with E-state index in [1.54, 1.807) is 6.92 Å². The maximum Gasteiger partial charge on any atom is 0.374 e. The van der Waals surface area contributed by atoms with Crippen molar-refractivity contribution in [2.45, 2.75) is 19.8 Å². The Kier molecular flexibility index (Phi) is 5.70. The van der Waals surface area contributed by atoms with Crippen LogP contribution in [0.2, 0.25) is 0 Å². The summed E-state index contributed by atoms with van der Waals surface area (Å²) in [4.78, 5) is 22.2. The third-order valence-electron chi connectivity index (χ3n) is 3.10. The first-order valence-corrected chi connectivity index (χ1v) is 6.56. The van der Waals surface area contributed by atoms with Gasteiger partial charge in [-0.25, -0.2) is 4.79 Å². The Bertz CT molecular complexity index is 426. The lowest BCUT2D eigenvalue weighted by Gasteiger charge is -2.29. The van der Waals surface area contributed by atoms with Crippen LogP contribution in [0.4, 0.5) is 5.69 Å². The number of Topliss-reactive ketones (excluding diaryl/α,β-unsaturated/α-hetero) is 1. The van der Waals surface area contributed by atoms with Crippen LogP contribution in [0.5, 0.6) is 0 Å². The van der Waals surface area contributed by atoms with Crippen LogP contribution in [0.15, 0.2) is 30.3 Å². The number of quaternary nitrogens is 1. The van der Waals surface area contributed by atoms with Gasteiger partial charge >= 0.3 is 5.97 Å². The summed E-state index contributed by atoms with van der Waals surface area (Å²) >= 11 is 0. The lowest BCUT2D eigenvalue weighted by atomic mass is 10.2. The third-order valence-corrected chi connectivity index (χ3v) is 3.10. The van der Waals surface area contributed by atoms with Crippen molar-refractivity contribution in [1.82, 2.24) is 4.48 Å². The van der Waals surface area contributed by atoms with E-state index in [9.17, 15) is 9.59 Å². The SMILES string of the molecule is CCC(=O)C(=O)OCCC[N+](C)(C)c1ccccc1. The molecule has 0 aliphatic rings. The summed E-state index contributed by atoms with van der Waals surface area (Å²) in [6.07, 6.45) is 0.926. The summed E-state index contributed by atoms with van der Waals surface area (Å²) in [6.45, 7) is 2.79. The van der Waals surface area contributed by atoms with Crippen molar-refractivity contribution in [3.05, 3.63) is 30.3 Å². The molecule has 0 saturated carbocycles. The van der Waals surface area contributed by atoms with Crippen molar-refractivity contribution in [2.24, 2.45) is 0 Å². The number of para-hydroxylation sites is 1. The number of esters is 1. The van der Waals surface area contributed by atoms with Gasteiger partial charge in [0, 0.05) is 12.8 Å². The number of carbonyl (C=O) groups excluding carboxylic acids is 2. The molecule has 0 aromatic heterocycles. The average molecular weight is 264 g/mol. The van der Waals surface area contributed by atoms with Crippen LogP contribution in [0.3, 0.4) is 0 Å². The zero-order valence-corrected chi connectivity index (χ0v) is 11.9. The van der Waals surface area contributed by atoms with Crippen molar-refractivity contribution < 1.29 is 14.3 Å². The Morgan fingerprint density at radius 3 is 2.37 bits per heavy atom. The molecule has 0 aliphatic carbocycles. The highest BCUT2D eigenvalue weighted by Gasteiger charge is 2.18. The van der Waals surface area contributed by atoms with Crippen LogP contribution in [0.1, 0.15) is 19.8 Å². The van der Waals surface area contributed by atoms with Crippen LogP contribution in [-0.2, 0) is 14.3 Å². The van der Waals surface area contributed by atoms with Gasteiger partial charge in [-0.05, 0) is 12.1 Å². The summed E-state index contributed by atoms with van der Waals surface area (Å²) in [5, 5.41) is 0. The lowest BCUT2D eigenvalue weighted by Crippen LogP contribution is -2.41. The first-order chi connectivity index (χ1) is 8.97. The zero-order chi connectivity index (χ0) is 14.3. The van der Waals surface area contributed by atoms with E-state index in [0.717, 1.165) is 17.4 Å². The number of ketones is 1. The molecular weight excluding hydrogens is 242 g/mol. The summed E-state index contributed by atoms with van der Waals surface area (Å²) in [6, 6.07) is 10.2. The Morgan fingerprint density at radius 1 is 1.16 bits per heavy atom. The normalized spacial score (nSPS) is 11.1. The maximum absolute atomic E-state index is 11.2. The number of benzene rings is 1. The molecule has 0 heterocycles. The minimum atomic E-state index is -0.715. The highest BCUT2D eigenvalue weighted by Crippen LogP contribution is 2.18. The summed E-state index contributed by atoms with van der Waals surface area (Å²) in [5.74, 6) is -1.18. The Labute approximate surface area is 114 Å². The number of nitrogens with zero attached hydrogens (tertiary/aromatic N) is 1. The fourth-order valence-corrected chi connectivity index (χ4v) is 1.81.